The molecule has 0 aliphatic carbocycles. The van der Waals surface area contributed by atoms with E-state index < -0.39 is 23.7 Å². The number of halogens is 1. The number of nitrogens with one attached hydrogen (secondary N) is 1. The molecule has 0 aromatic heterocycles. The fraction of sp³-hybridized carbons (Fsp3) is 0.286. The Bertz CT molecular complexity index is 1600. The zero-order chi connectivity index (χ0) is 32.3. The van der Waals surface area contributed by atoms with Crippen LogP contribution in [0.1, 0.15) is 49.4 Å². The van der Waals surface area contributed by atoms with Gasteiger partial charge in [0.15, 0.2) is 23.0 Å². The highest BCUT2D eigenvalue weighted by Gasteiger charge is 2.36. The summed E-state index contributed by atoms with van der Waals surface area (Å²) in [7, 11) is 0. The van der Waals surface area contributed by atoms with Crippen molar-refractivity contribution < 1.29 is 37.7 Å². The molecule has 1 aliphatic heterocycles. The maximum Gasteiger partial charge on any atom is 0.331 e. The number of carbonyl (C=O) groups is 3. The Morgan fingerprint density at radius 3 is 2.33 bits per heavy atom. The van der Waals surface area contributed by atoms with E-state index >= 15 is 0 Å². The molecule has 3 aromatic rings. The molecule has 4 amide bonds. The van der Waals surface area contributed by atoms with Gasteiger partial charge in [0, 0.05) is 11.1 Å². The van der Waals surface area contributed by atoms with E-state index in [1.54, 1.807) is 61.5 Å². The molecule has 9 nitrogen and oxygen atoms in total. The van der Waals surface area contributed by atoms with E-state index in [9.17, 15) is 18.8 Å². The summed E-state index contributed by atoms with van der Waals surface area (Å²) in [6.07, 6.45) is 4.27. The van der Waals surface area contributed by atoms with Gasteiger partial charge in [-0.15, -0.1) is 6.58 Å². The minimum Gasteiger partial charge on any atom is -0.490 e. The molecule has 4 rings (SSSR count). The third kappa shape index (κ3) is 8.08. The van der Waals surface area contributed by atoms with Crippen molar-refractivity contribution >= 4 is 23.9 Å². The van der Waals surface area contributed by atoms with Gasteiger partial charge in [0.25, 0.3) is 11.8 Å². The Morgan fingerprint density at radius 2 is 1.62 bits per heavy atom. The maximum absolute atomic E-state index is 14.3. The van der Waals surface area contributed by atoms with Gasteiger partial charge in [-0.2, -0.15) is 0 Å². The number of imide groups is 2. The summed E-state index contributed by atoms with van der Waals surface area (Å²) < 4.78 is 37.6. The zero-order valence-corrected chi connectivity index (χ0v) is 25.7. The minimum atomic E-state index is -0.828. The summed E-state index contributed by atoms with van der Waals surface area (Å²) in [4.78, 5) is 40.2. The van der Waals surface area contributed by atoms with Crippen LogP contribution in [0.25, 0.3) is 6.08 Å². The number of hydrogen-bond acceptors (Lipinski definition) is 7. The number of amides is 4. The average Bonchev–Trinajstić information content (AvgIpc) is 3.02. The summed E-state index contributed by atoms with van der Waals surface area (Å²) in [5.41, 5.74) is 1.89. The zero-order valence-electron chi connectivity index (χ0n) is 25.7. The Morgan fingerprint density at radius 1 is 0.867 bits per heavy atom. The molecule has 10 heteroatoms. The SMILES string of the molecule is C=CCc1cc(/C=C2\C(=O)NC(=O)N(Cc3ccc(OCCC)c(OCC)c3)C2=O)cc(OCC)c1OCc1ccccc1F. The number of allylic oxidation sites excluding steroid dienone is 1. The van der Waals surface area contributed by atoms with Crippen LogP contribution in [0.4, 0.5) is 9.18 Å². The molecule has 1 N–H and O–H groups in total. The van der Waals surface area contributed by atoms with Crippen LogP contribution in [0.15, 0.2) is 72.8 Å². The average molecular weight is 617 g/mol. The van der Waals surface area contributed by atoms with Crippen LogP contribution in [0.5, 0.6) is 23.0 Å². The lowest BCUT2D eigenvalue weighted by molar-refractivity contribution is -0.130. The molecule has 45 heavy (non-hydrogen) atoms. The molecule has 1 fully saturated rings. The Balaban J connectivity index is 1.65. The number of benzene rings is 3. The van der Waals surface area contributed by atoms with Crippen molar-refractivity contribution in [3.05, 3.63) is 101 Å². The van der Waals surface area contributed by atoms with Gasteiger partial charge < -0.3 is 18.9 Å². The van der Waals surface area contributed by atoms with Gasteiger partial charge in [-0.1, -0.05) is 37.3 Å². The largest absolute Gasteiger partial charge is 0.490 e. The predicted octanol–water partition coefficient (Wildman–Crippen LogP) is 6.38. The molecular formula is C35H37FN2O7. The van der Waals surface area contributed by atoms with Crippen LogP contribution in [0.2, 0.25) is 0 Å². The highest BCUT2D eigenvalue weighted by Crippen LogP contribution is 2.36. The molecule has 0 unspecified atom stereocenters. The van der Waals surface area contributed by atoms with Gasteiger partial charge in [-0.25, -0.2) is 9.18 Å². The molecule has 0 bridgehead atoms. The van der Waals surface area contributed by atoms with Crippen molar-refractivity contribution in [1.29, 1.82) is 0 Å². The van der Waals surface area contributed by atoms with E-state index in [4.69, 9.17) is 18.9 Å². The smallest absolute Gasteiger partial charge is 0.331 e. The molecule has 0 atom stereocenters. The van der Waals surface area contributed by atoms with Crippen molar-refractivity contribution in [1.82, 2.24) is 10.2 Å². The highest BCUT2D eigenvalue weighted by molar-refractivity contribution is 6.31. The lowest BCUT2D eigenvalue weighted by atomic mass is 10.0. The lowest BCUT2D eigenvalue weighted by Crippen LogP contribution is -2.53. The van der Waals surface area contributed by atoms with E-state index in [0.717, 1.165) is 11.3 Å². The summed E-state index contributed by atoms with van der Waals surface area (Å²) in [6.45, 7) is 10.6. The predicted molar refractivity (Wildman–Crippen MR) is 168 cm³/mol. The lowest BCUT2D eigenvalue weighted by Gasteiger charge is -2.27. The number of barbiturate groups is 1. The quantitative estimate of drug-likeness (QED) is 0.120. The van der Waals surface area contributed by atoms with Crippen LogP contribution in [0, 0.1) is 5.82 Å². The third-order valence-electron chi connectivity index (χ3n) is 6.76. The molecule has 0 spiro atoms. The fourth-order valence-electron chi connectivity index (χ4n) is 4.70. The summed E-state index contributed by atoms with van der Waals surface area (Å²) >= 11 is 0. The van der Waals surface area contributed by atoms with E-state index in [2.05, 4.69) is 11.9 Å². The second-order valence-corrected chi connectivity index (χ2v) is 10.1. The first-order chi connectivity index (χ1) is 21.8. The first-order valence-corrected chi connectivity index (χ1v) is 14.8. The second kappa shape index (κ2) is 15.6. The van der Waals surface area contributed by atoms with Crippen molar-refractivity contribution in [2.24, 2.45) is 0 Å². The van der Waals surface area contributed by atoms with E-state index in [-0.39, 0.29) is 18.7 Å². The maximum atomic E-state index is 14.3. The Kier molecular flexibility index (Phi) is 11.3. The van der Waals surface area contributed by atoms with Crippen LogP contribution < -0.4 is 24.3 Å². The van der Waals surface area contributed by atoms with Gasteiger partial charge in [0.1, 0.15) is 18.0 Å². The number of nitrogens with zero attached hydrogens (tertiary/aromatic N) is 1. The van der Waals surface area contributed by atoms with Crippen LogP contribution in [-0.4, -0.2) is 42.6 Å². The first kappa shape index (κ1) is 32.8. The monoisotopic (exact) mass is 616 g/mol. The second-order valence-electron chi connectivity index (χ2n) is 10.1. The third-order valence-corrected chi connectivity index (χ3v) is 6.76. The molecular weight excluding hydrogens is 579 g/mol. The fourth-order valence-corrected chi connectivity index (χ4v) is 4.70. The van der Waals surface area contributed by atoms with Gasteiger partial charge in [0.05, 0.1) is 26.4 Å². The van der Waals surface area contributed by atoms with Gasteiger partial charge >= 0.3 is 6.03 Å². The van der Waals surface area contributed by atoms with Crippen molar-refractivity contribution in [2.75, 3.05) is 19.8 Å². The molecule has 0 saturated carbocycles. The standard InChI is InChI=1S/C35H37FN2O7/c1-5-11-25-17-24(20-31(43-8-4)32(25)45-22-26-12-9-10-13-28(26)36)18-27-33(39)37-35(41)38(34(27)40)21-23-14-15-29(44-16-6-2)30(19-23)42-7-3/h5,9-10,12-15,17-20H,1,6-8,11,16,21-22H2,2-4H3,(H,37,39,41)/b27-18+. The number of ether oxygens (including phenoxy) is 4. The number of urea groups is 1. The Hall–Kier alpha value is -5.12. The molecule has 3 aromatic carbocycles. The normalized spacial score (nSPS) is 13.9. The van der Waals surface area contributed by atoms with E-state index in [1.807, 2.05) is 13.8 Å². The van der Waals surface area contributed by atoms with Gasteiger partial charge in [-0.05, 0) is 74.2 Å². The number of rotatable bonds is 15. The summed E-state index contributed by atoms with van der Waals surface area (Å²) in [5, 5.41) is 2.26. The summed E-state index contributed by atoms with van der Waals surface area (Å²) in [6, 6.07) is 14.0. The molecule has 236 valence electrons. The first-order valence-electron chi connectivity index (χ1n) is 14.8. The van der Waals surface area contributed by atoms with Crippen LogP contribution >= 0.6 is 0 Å². The molecule has 1 aliphatic rings. The van der Waals surface area contributed by atoms with Gasteiger partial charge in [-0.3, -0.25) is 19.8 Å². The molecule has 1 saturated heterocycles. The number of hydrogen-bond donors (Lipinski definition) is 1. The van der Waals surface area contributed by atoms with Crippen molar-refractivity contribution in [3.63, 3.8) is 0 Å². The van der Waals surface area contributed by atoms with Gasteiger partial charge in [0.2, 0.25) is 0 Å². The Labute approximate surface area is 262 Å². The van der Waals surface area contributed by atoms with E-state index in [0.29, 0.717) is 71.5 Å². The topological polar surface area (TPSA) is 103 Å². The summed E-state index contributed by atoms with van der Waals surface area (Å²) in [5.74, 6) is -0.151. The molecule has 1 heterocycles. The minimum absolute atomic E-state index is 0.0357. The molecule has 0 radical (unpaired) electrons. The van der Waals surface area contributed by atoms with Crippen LogP contribution in [0.3, 0.4) is 0 Å². The number of carbonyl (C=O) groups excluding carboxylic acids is 3. The highest BCUT2D eigenvalue weighted by atomic mass is 19.1. The van der Waals surface area contributed by atoms with Crippen LogP contribution in [-0.2, 0) is 29.2 Å². The van der Waals surface area contributed by atoms with Crippen molar-refractivity contribution in [3.8, 4) is 23.0 Å². The van der Waals surface area contributed by atoms with E-state index in [1.165, 1.54) is 12.1 Å². The van der Waals surface area contributed by atoms with Crippen molar-refractivity contribution in [2.45, 2.75) is 46.8 Å².